The molecule has 0 aromatic rings. The second-order valence-electron chi connectivity index (χ2n) is 6.67. The van der Waals surface area contributed by atoms with Crippen LogP contribution in [0.2, 0.25) is 0 Å². The van der Waals surface area contributed by atoms with E-state index in [1.807, 2.05) is 6.92 Å². The van der Waals surface area contributed by atoms with Crippen molar-refractivity contribution in [1.29, 1.82) is 0 Å². The number of allylic oxidation sites excluding steroid dienone is 4. The highest BCUT2D eigenvalue weighted by atomic mass is 19.4. The van der Waals surface area contributed by atoms with Gasteiger partial charge in [0.05, 0.1) is 5.92 Å². The molecule has 5 heteroatoms. The fourth-order valence-corrected chi connectivity index (χ4v) is 3.14. The topological polar surface area (TPSA) is 52.0 Å². The second-order valence-corrected chi connectivity index (χ2v) is 6.67. The van der Waals surface area contributed by atoms with Gasteiger partial charge in [-0.2, -0.15) is 13.2 Å². The van der Waals surface area contributed by atoms with E-state index in [0.29, 0.717) is 35.3 Å². The summed E-state index contributed by atoms with van der Waals surface area (Å²) in [7, 11) is 0. The molecule has 1 aliphatic rings. The Morgan fingerprint density at radius 1 is 1.42 bits per heavy atom. The first-order valence-corrected chi connectivity index (χ1v) is 8.32. The smallest absolute Gasteiger partial charge is 0.396 e. The van der Waals surface area contributed by atoms with Gasteiger partial charge in [0.25, 0.3) is 0 Å². The van der Waals surface area contributed by atoms with Gasteiger partial charge in [-0.3, -0.25) is 0 Å². The molecule has 0 bridgehead atoms. The number of hydrogen-bond donors (Lipinski definition) is 2. The summed E-state index contributed by atoms with van der Waals surface area (Å²) in [5, 5.41) is 0. The van der Waals surface area contributed by atoms with Gasteiger partial charge in [-0.1, -0.05) is 37.6 Å². The van der Waals surface area contributed by atoms with Crippen molar-refractivity contribution in [3.63, 3.8) is 0 Å². The monoisotopic (exact) mass is 342 g/mol. The maximum atomic E-state index is 13.9. The molecule has 0 saturated carbocycles. The predicted molar refractivity (Wildman–Crippen MR) is 94.1 cm³/mol. The third-order valence-corrected chi connectivity index (χ3v) is 4.99. The van der Waals surface area contributed by atoms with Crippen LogP contribution in [0.4, 0.5) is 13.2 Å². The molecule has 3 unspecified atom stereocenters. The van der Waals surface area contributed by atoms with Crippen LogP contribution in [-0.4, -0.2) is 12.2 Å². The minimum absolute atomic E-state index is 0.193. The first kappa shape index (κ1) is 20.6. The van der Waals surface area contributed by atoms with Gasteiger partial charge in [-0.05, 0) is 56.3 Å². The molecule has 0 aliphatic heterocycles. The Balaban J connectivity index is 3.22. The zero-order valence-electron chi connectivity index (χ0n) is 15.0. The van der Waals surface area contributed by atoms with E-state index in [1.54, 1.807) is 32.9 Å². The van der Waals surface area contributed by atoms with Crippen molar-refractivity contribution in [3.8, 4) is 0 Å². The summed E-state index contributed by atoms with van der Waals surface area (Å²) in [6, 6.07) is -0.193. The Bertz CT molecular complexity index is 568. The van der Waals surface area contributed by atoms with E-state index in [1.165, 1.54) is 0 Å². The highest BCUT2D eigenvalue weighted by Gasteiger charge is 2.46. The third kappa shape index (κ3) is 4.76. The van der Waals surface area contributed by atoms with Crippen molar-refractivity contribution in [3.05, 3.63) is 46.7 Å². The van der Waals surface area contributed by atoms with E-state index in [4.69, 9.17) is 11.5 Å². The summed E-state index contributed by atoms with van der Waals surface area (Å²) in [6.07, 6.45) is 0.164. The van der Waals surface area contributed by atoms with E-state index in [9.17, 15) is 13.2 Å². The number of nitrogens with two attached hydrogens (primary N) is 2. The van der Waals surface area contributed by atoms with Crippen LogP contribution in [0.5, 0.6) is 0 Å². The average Bonchev–Trinajstić information content (AvgIpc) is 2.48. The van der Waals surface area contributed by atoms with Crippen LogP contribution in [0, 0.1) is 11.8 Å². The number of rotatable bonds is 6. The van der Waals surface area contributed by atoms with E-state index in [-0.39, 0.29) is 12.5 Å². The zero-order valence-corrected chi connectivity index (χ0v) is 15.0. The Morgan fingerprint density at radius 3 is 2.46 bits per heavy atom. The Morgan fingerprint density at radius 2 is 2.00 bits per heavy atom. The van der Waals surface area contributed by atoms with E-state index >= 15 is 0 Å². The molecule has 3 atom stereocenters. The first-order chi connectivity index (χ1) is 11.0. The van der Waals surface area contributed by atoms with Crippen molar-refractivity contribution in [2.24, 2.45) is 23.3 Å². The summed E-state index contributed by atoms with van der Waals surface area (Å²) in [5.74, 6) is -2.06. The van der Waals surface area contributed by atoms with Crippen LogP contribution in [0.3, 0.4) is 0 Å². The van der Waals surface area contributed by atoms with Crippen LogP contribution in [0.25, 0.3) is 0 Å². The van der Waals surface area contributed by atoms with Crippen LogP contribution in [0.15, 0.2) is 46.7 Å². The molecule has 136 valence electrons. The minimum Gasteiger partial charge on any atom is -0.399 e. The highest BCUT2D eigenvalue weighted by molar-refractivity contribution is 5.41. The lowest BCUT2D eigenvalue weighted by molar-refractivity contribution is -0.177. The molecule has 0 aromatic heterocycles. The fraction of sp³-hybridized carbons (Fsp3) is 0.579. The van der Waals surface area contributed by atoms with Crippen LogP contribution in [-0.2, 0) is 0 Å². The van der Waals surface area contributed by atoms with Gasteiger partial charge < -0.3 is 11.5 Å². The van der Waals surface area contributed by atoms with Gasteiger partial charge in [0.2, 0.25) is 0 Å². The van der Waals surface area contributed by atoms with Crippen molar-refractivity contribution in [1.82, 2.24) is 0 Å². The summed E-state index contributed by atoms with van der Waals surface area (Å²) in [4.78, 5) is 0. The normalized spacial score (nSPS) is 22.2. The maximum absolute atomic E-state index is 13.9. The highest BCUT2D eigenvalue weighted by Crippen LogP contribution is 2.45. The molecule has 0 heterocycles. The van der Waals surface area contributed by atoms with Crippen molar-refractivity contribution < 1.29 is 13.2 Å². The molecule has 0 spiro atoms. The van der Waals surface area contributed by atoms with Crippen molar-refractivity contribution in [2.75, 3.05) is 0 Å². The van der Waals surface area contributed by atoms with Gasteiger partial charge in [0.1, 0.15) is 0 Å². The molecule has 0 fully saturated rings. The van der Waals surface area contributed by atoms with Crippen LogP contribution < -0.4 is 11.5 Å². The summed E-state index contributed by atoms with van der Waals surface area (Å²) < 4.78 is 41.6. The van der Waals surface area contributed by atoms with Gasteiger partial charge in [-0.25, -0.2) is 0 Å². The molecule has 0 radical (unpaired) electrons. The van der Waals surface area contributed by atoms with Crippen LogP contribution in [0.1, 0.15) is 47.0 Å². The number of hydrogen-bond acceptors (Lipinski definition) is 2. The summed E-state index contributed by atoms with van der Waals surface area (Å²) >= 11 is 0. The third-order valence-electron chi connectivity index (χ3n) is 4.99. The molecule has 1 rings (SSSR count). The lowest BCUT2D eigenvalue weighted by Crippen LogP contribution is -2.35. The molecule has 1 aliphatic carbocycles. The van der Waals surface area contributed by atoms with E-state index < -0.39 is 18.0 Å². The molecule has 24 heavy (non-hydrogen) atoms. The average molecular weight is 342 g/mol. The summed E-state index contributed by atoms with van der Waals surface area (Å²) in [5.41, 5.74) is 14.8. The van der Waals surface area contributed by atoms with Gasteiger partial charge in [0.15, 0.2) is 0 Å². The lowest BCUT2D eigenvalue weighted by Gasteiger charge is -2.34. The SMILES string of the molecule is C=C(C)/C(N)=C\CC(CC)C(C1=CCC(N)C(C)=C1C)C(F)(F)F. The largest absolute Gasteiger partial charge is 0.399 e. The van der Waals surface area contributed by atoms with E-state index in [0.717, 1.165) is 5.57 Å². The zero-order chi connectivity index (χ0) is 18.7. The molecular weight excluding hydrogens is 313 g/mol. The maximum Gasteiger partial charge on any atom is 0.396 e. The lowest BCUT2D eigenvalue weighted by atomic mass is 9.75. The molecular formula is C19H29F3N2. The van der Waals surface area contributed by atoms with Crippen LogP contribution >= 0.6 is 0 Å². The fourth-order valence-electron chi connectivity index (χ4n) is 3.14. The predicted octanol–water partition coefficient (Wildman–Crippen LogP) is 4.99. The Labute approximate surface area is 143 Å². The molecule has 0 aromatic carbocycles. The van der Waals surface area contributed by atoms with Crippen molar-refractivity contribution >= 4 is 0 Å². The van der Waals surface area contributed by atoms with Gasteiger partial charge in [-0.15, -0.1) is 0 Å². The minimum atomic E-state index is -4.30. The standard InChI is InChI=1S/C19H29F3N2/c1-6-14(7-9-16(23)11(2)3)18(19(20,21)22)15-8-10-17(24)13(5)12(15)4/h8-9,14,17-18H,2,6-7,10,23-24H2,1,3-5H3/b16-9+. The molecule has 0 amide bonds. The second kappa shape index (κ2) is 8.06. The molecule has 2 nitrogen and oxygen atoms in total. The Hall–Kier alpha value is -1.49. The molecule has 0 saturated heterocycles. The van der Waals surface area contributed by atoms with Crippen molar-refractivity contribution in [2.45, 2.75) is 59.2 Å². The quantitative estimate of drug-likeness (QED) is 0.668. The summed E-state index contributed by atoms with van der Waals surface area (Å²) in [6.45, 7) is 10.8. The number of alkyl halides is 3. The van der Waals surface area contributed by atoms with Gasteiger partial charge in [0, 0.05) is 11.7 Å². The number of halogens is 3. The van der Waals surface area contributed by atoms with E-state index in [2.05, 4.69) is 6.58 Å². The first-order valence-electron chi connectivity index (χ1n) is 8.32. The molecule has 4 N–H and O–H groups in total. The Kier molecular flexibility index (Phi) is 6.90. The van der Waals surface area contributed by atoms with Gasteiger partial charge >= 0.3 is 6.18 Å².